The molecule has 0 radical (unpaired) electrons. The lowest BCUT2D eigenvalue weighted by Gasteiger charge is -2.24. The number of carboxylic acids is 3. The Hall–Kier alpha value is -3.78. The lowest BCUT2D eigenvalue weighted by molar-refractivity contribution is -0.141. The number of nitrogens with zero attached hydrogens (tertiary/aromatic N) is 4. The van der Waals surface area contributed by atoms with Crippen LogP contribution in [0.1, 0.15) is 50.6 Å². The van der Waals surface area contributed by atoms with Crippen LogP contribution in [0.15, 0.2) is 6.20 Å². The molecule has 14 nitrogen and oxygen atoms in total. The summed E-state index contributed by atoms with van der Waals surface area (Å²) in [6.45, 7) is -0.0321. The van der Waals surface area contributed by atoms with Crippen molar-refractivity contribution in [2.45, 2.75) is 76.0 Å². The van der Waals surface area contributed by atoms with Gasteiger partial charge in [0.05, 0.1) is 12.4 Å². The molecule has 1 aromatic heterocycles. The summed E-state index contributed by atoms with van der Waals surface area (Å²) >= 11 is 0. The van der Waals surface area contributed by atoms with E-state index in [1.165, 1.54) is 0 Å². The Bertz CT molecular complexity index is 941. The summed E-state index contributed by atoms with van der Waals surface area (Å²) in [4.78, 5) is 59.5. The second-order valence-corrected chi connectivity index (χ2v) is 8.50. The van der Waals surface area contributed by atoms with Gasteiger partial charge in [-0.2, -0.15) is 0 Å². The van der Waals surface area contributed by atoms with Gasteiger partial charge in [0.2, 0.25) is 5.91 Å². The van der Waals surface area contributed by atoms with Gasteiger partial charge in [-0.15, -0.1) is 5.10 Å². The summed E-state index contributed by atoms with van der Waals surface area (Å²) in [5.74, 6) is -4.30. The number of amides is 3. The van der Waals surface area contributed by atoms with Gasteiger partial charge in [-0.25, -0.2) is 14.4 Å². The summed E-state index contributed by atoms with van der Waals surface area (Å²) < 4.78 is 13.8. The zero-order valence-electron chi connectivity index (χ0n) is 19.6. The summed E-state index contributed by atoms with van der Waals surface area (Å²) in [5, 5.41) is 40.2. The van der Waals surface area contributed by atoms with Crippen molar-refractivity contribution in [1.82, 2.24) is 30.5 Å². The third kappa shape index (κ3) is 9.11. The Kier molecular flexibility index (Phi) is 11.0. The lowest BCUT2D eigenvalue weighted by Crippen LogP contribution is -2.51. The first-order chi connectivity index (χ1) is 17.1. The van der Waals surface area contributed by atoms with Crippen LogP contribution in [0.5, 0.6) is 0 Å². The first kappa shape index (κ1) is 28.5. The molecule has 3 atom stereocenters. The van der Waals surface area contributed by atoms with E-state index in [-0.39, 0.29) is 31.7 Å². The molecule has 0 spiro atoms. The number of nitrogens with one attached hydrogen (secondary N) is 2. The smallest absolute Gasteiger partial charge is 0.326 e. The van der Waals surface area contributed by atoms with Gasteiger partial charge in [-0.05, 0) is 32.1 Å². The van der Waals surface area contributed by atoms with Gasteiger partial charge < -0.3 is 30.9 Å². The summed E-state index contributed by atoms with van der Waals surface area (Å²) in [6.07, 6.45) is 3.03. The van der Waals surface area contributed by atoms with Crippen LogP contribution in [0, 0.1) is 0 Å². The lowest BCUT2D eigenvalue weighted by atomic mass is 10.1. The van der Waals surface area contributed by atoms with Crippen LogP contribution in [-0.4, -0.2) is 96.4 Å². The second-order valence-electron chi connectivity index (χ2n) is 8.50. The minimum absolute atomic E-state index is 0.0536. The zero-order chi connectivity index (χ0) is 26.7. The maximum atomic E-state index is 12.6. The first-order valence-corrected chi connectivity index (χ1v) is 11.6. The summed E-state index contributed by atoms with van der Waals surface area (Å²) in [5.41, 5.74) is 0.699. The van der Waals surface area contributed by atoms with Crippen molar-refractivity contribution < 1.29 is 43.7 Å². The van der Waals surface area contributed by atoms with E-state index in [1.54, 1.807) is 10.9 Å². The minimum atomic E-state index is -1.50. The number of rotatable bonds is 15. The van der Waals surface area contributed by atoms with Crippen LogP contribution in [0.3, 0.4) is 0 Å². The minimum Gasteiger partial charge on any atom is -0.481 e. The SMILES string of the molecule is O=C(O)CCC(NC(=O)N1CC(NC(=O)CCCCn2cc(CCCF)nn2)CC1C(=O)O)C(=O)O. The highest BCUT2D eigenvalue weighted by Crippen LogP contribution is 2.19. The quantitative estimate of drug-likeness (QED) is 0.198. The van der Waals surface area contributed by atoms with E-state index in [0.717, 1.165) is 4.90 Å². The van der Waals surface area contributed by atoms with Crippen molar-refractivity contribution in [2.75, 3.05) is 13.2 Å². The van der Waals surface area contributed by atoms with E-state index in [2.05, 4.69) is 20.9 Å². The van der Waals surface area contributed by atoms with E-state index in [4.69, 9.17) is 5.11 Å². The number of urea groups is 1. The number of likely N-dealkylation sites (tertiary alicyclic amines) is 1. The normalized spacial score (nSPS) is 18.0. The number of alkyl halides is 1. The number of carbonyl (C=O) groups excluding carboxylic acids is 2. The molecule has 2 rings (SSSR count). The van der Waals surface area contributed by atoms with Crippen LogP contribution < -0.4 is 10.6 Å². The van der Waals surface area contributed by atoms with Gasteiger partial charge in [0, 0.05) is 44.6 Å². The van der Waals surface area contributed by atoms with Gasteiger partial charge in [0.1, 0.15) is 12.1 Å². The Morgan fingerprint density at radius 1 is 1.11 bits per heavy atom. The highest BCUT2D eigenvalue weighted by atomic mass is 19.1. The van der Waals surface area contributed by atoms with Crippen LogP contribution in [0.25, 0.3) is 0 Å². The number of aryl methyl sites for hydroxylation is 2. The molecule has 2 heterocycles. The van der Waals surface area contributed by atoms with Crippen molar-refractivity contribution in [1.29, 1.82) is 0 Å². The standard InChI is InChI=1S/C21H31FN6O8/c22-8-3-4-13-11-27(26-25-13)9-2-1-5-17(29)23-14-10-16(20(34)35)28(12-14)21(36)24-15(19(32)33)6-7-18(30)31/h11,14-16H,1-10,12H2,(H,23,29)(H,24,36)(H,30,31)(H,32,33)(H,34,35). The molecule has 0 aromatic carbocycles. The monoisotopic (exact) mass is 514 g/mol. The van der Waals surface area contributed by atoms with Crippen molar-refractivity contribution in [3.05, 3.63) is 11.9 Å². The first-order valence-electron chi connectivity index (χ1n) is 11.6. The Labute approximate surface area is 205 Å². The van der Waals surface area contributed by atoms with Crippen molar-refractivity contribution in [3.63, 3.8) is 0 Å². The molecule has 1 aliphatic rings. The predicted molar refractivity (Wildman–Crippen MR) is 120 cm³/mol. The van der Waals surface area contributed by atoms with Crippen molar-refractivity contribution >= 4 is 29.8 Å². The van der Waals surface area contributed by atoms with Crippen LogP contribution in [0.2, 0.25) is 0 Å². The topological polar surface area (TPSA) is 204 Å². The molecule has 0 saturated carbocycles. The number of aliphatic carboxylic acids is 3. The molecule has 0 aliphatic carbocycles. The fourth-order valence-corrected chi connectivity index (χ4v) is 3.83. The van der Waals surface area contributed by atoms with E-state index in [9.17, 15) is 38.6 Å². The molecule has 3 unspecified atom stereocenters. The fraction of sp³-hybridized carbons (Fsp3) is 0.667. The molecule has 200 valence electrons. The van der Waals surface area contributed by atoms with E-state index < -0.39 is 55.2 Å². The average Bonchev–Trinajstić information content (AvgIpc) is 3.44. The highest BCUT2D eigenvalue weighted by Gasteiger charge is 2.41. The number of hydrogen-bond donors (Lipinski definition) is 5. The molecule has 1 aliphatic heterocycles. The largest absolute Gasteiger partial charge is 0.481 e. The van der Waals surface area contributed by atoms with Crippen molar-refractivity contribution in [2.24, 2.45) is 0 Å². The molecule has 1 fully saturated rings. The molecule has 1 aromatic rings. The molecule has 3 amide bonds. The number of halogens is 1. The van der Waals surface area contributed by atoms with E-state index >= 15 is 0 Å². The third-order valence-electron chi connectivity index (χ3n) is 5.65. The number of hydrogen-bond acceptors (Lipinski definition) is 7. The number of unbranched alkanes of at least 4 members (excludes halogenated alkanes) is 1. The molecular weight excluding hydrogens is 483 g/mol. The maximum absolute atomic E-state index is 12.6. The van der Waals surface area contributed by atoms with Crippen LogP contribution in [-0.2, 0) is 32.1 Å². The van der Waals surface area contributed by atoms with Gasteiger partial charge >= 0.3 is 23.9 Å². The number of carbonyl (C=O) groups is 5. The van der Waals surface area contributed by atoms with Crippen molar-refractivity contribution in [3.8, 4) is 0 Å². The molecule has 15 heteroatoms. The average molecular weight is 515 g/mol. The Morgan fingerprint density at radius 2 is 1.86 bits per heavy atom. The molecule has 5 N–H and O–H groups in total. The van der Waals surface area contributed by atoms with Gasteiger partial charge in [-0.1, -0.05) is 5.21 Å². The third-order valence-corrected chi connectivity index (χ3v) is 5.65. The summed E-state index contributed by atoms with van der Waals surface area (Å²) in [7, 11) is 0. The number of carboxylic acid groups (broad SMARTS) is 3. The summed E-state index contributed by atoms with van der Waals surface area (Å²) in [6, 6.07) is -4.37. The Morgan fingerprint density at radius 3 is 2.50 bits per heavy atom. The van der Waals surface area contributed by atoms with E-state index in [0.29, 0.717) is 37.9 Å². The highest BCUT2D eigenvalue weighted by molar-refractivity contribution is 5.87. The molecule has 36 heavy (non-hydrogen) atoms. The van der Waals surface area contributed by atoms with Gasteiger partial charge in [0.25, 0.3) is 0 Å². The van der Waals surface area contributed by atoms with Gasteiger partial charge in [-0.3, -0.25) is 18.7 Å². The fourth-order valence-electron chi connectivity index (χ4n) is 3.83. The zero-order valence-corrected chi connectivity index (χ0v) is 19.6. The van der Waals surface area contributed by atoms with Crippen LogP contribution in [0.4, 0.5) is 9.18 Å². The Balaban J connectivity index is 1.80. The second kappa shape index (κ2) is 13.9. The van der Waals surface area contributed by atoms with Gasteiger partial charge in [0.15, 0.2) is 0 Å². The van der Waals surface area contributed by atoms with E-state index in [1.807, 2.05) is 0 Å². The molecule has 0 bridgehead atoms. The maximum Gasteiger partial charge on any atom is 0.326 e. The molecular formula is C21H31FN6O8. The predicted octanol–water partition coefficient (Wildman–Crippen LogP) is 0.0218. The number of aromatic nitrogens is 3. The van der Waals surface area contributed by atoms with Crippen LogP contribution >= 0.6 is 0 Å². The molecule has 1 saturated heterocycles.